The highest BCUT2D eigenvalue weighted by Crippen LogP contribution is 1.93. The molecule has 0 spiro atoms. The van der Waals surface area contributed by atoms with E-state index in [1.54, 1.807) is 6.20 Å². The van der Waals surface area contributed by atoms with E-state index in [1.807, 2.05) is 6.08 Å². The van der Waals surface area contributed by atoms with Crippen LogP contribution in [-0.4, -0.2) is 11.3 Å². The number of nitrogens with zero attached hydrogens (tertiary/aromatic N) is 1. The van der Waals surface area contributed by atoms with Crippen molar-refractivity contribution in [3.63, 3.8) is 0 Å². The molecular weight excluding hydrogens is 78.0 g/mol. The lowest BCUT2D eigenvalue weighted by atomic mass is 10.5. The largest absolute Gasteiger partial charge is 0.217 e. The van der Waals surface area contributed by atoms with Gasteiger partial charge in [0.15, 0.2) is 0 Å². The second kappa shape index (κ2) is 1.20. The van der Waals surface area contributed by atoms with Crippen molar-refractivity contribution in [1.29, 1.82) is 0 Å². The maximum Gasteiger partial charge on any atom is 0.217 e. The molecule has 0 bridgehead atoms. The zero-order valence-corrected chi connectivity index (χ0v) is 3.42. The van der Waals surface area contributed by atoms with Gasteiger partial charge in [0.25, 0.3) is 0 Å². The predicted molar refractivity (Wildman–Crippen MR) is 22.3 cm³/mol. The summed E-state index contributed by atoms with van der Waals surface area (Å²) in [6, 6.07) is 0. The molecule has 0 amide bonds. The summed E-state index contributed by atoms with van der Waals surface area (Å²) in [4.78, 5) is 10.1. The van der Waals surface area contributed by atoms with Gasteiger partial charge in [-0.3, -0.25) is 0 Å². The molecule has 0 saturated heterocycles. The van der Waals surface area contributed by atoms with E-state index in [0.29, 0.717) is 6.54 Å². The van der Waals surface area contributed by atoms with Gasteiger partial charge in [0.2, 0.25) is 12.7 Å². The summed E-state index contributed by atoms with van der Waals surface area (Å²) in [5.74, 6) is 0. The highest BCUT2D eigenvalue weighted by Gasteiger charge is 2.06. The Bertz CT molecular complexity index is 95.7. The van der Waals surface area contributed by atoms with Crippen LogP contribution in [0.15, 0.2) is 12.3 Å². The number of hydrogen-bond acceptors (Lipinski definition) is 1. The Balaban J connectivity index is 2.59. The first-order valence-electron chi connectivity index (χ1n) is 2.00. The molecule has 1 aliphatic heterocycles. The smallest absolute Gasteiger partial charge is 0.00946 e. The normalized spacial score (nSPS) is 19.7. The molecule has 0 unspecified atom stereocenters. The molecule has 2 nitrogen and oxygen atoms in total. The van der Waals surface area contributed by atoms with Crippen molar-refractivity contribution in [2.75, 3.05) is 6.54 Å². The van der Waals surface area contributed by atoms with E-state index >= 15 is 0 Å². The topological polar surface area (TPSA) is 20.1 Å². The third-order valence-electron chi connectivity index (χ3n) is 0.788. The first-order chi connectivity index (χ1) is 2.89. The van der Waals surface area contributed by atoms with Crippen molar-refractivity contribution < 1.29 is 4.76 Å². The maximum atomic E-state index is 10.1. The molecule has 0 aliphatic carbocycles. The maximum absolute atomic E-state index is 10.1. The van der Waals surface area contributed by atoms with E-state index in [9.17, 15) is 4.91 Å². The van der Waals surface area contributed by atoms with E-state index in [4.69, 9.17) is 0 Å². The van der Waals surface area contributed by atoms with Crippen LogP contribution in [0, 0.1) is 4.91 Å². The first-order valence-corrected chi connectivity index (χ1v) is 2.00. The highest BCUT2D eigenvalue weighted by molar-refractivity contribution is 4.76. The summed E-state index contributed by atoms with van der Waals surface area (Å²) < 4.78 is 0.931. The van der Waals surface area contributed by atoms with Crippen LogP contribution in [0.2, 0.25) is 0 Å². The Labute approximate surface area is 36.0 Å². The summed E-state index contributed by atoms with van der Waals surface area (Å²) in [5, 5.41) is 0. The van der Waals surface area contributed by atoms with Crippen LogP contribution in [0.3, 0.4) is 0 Å². The molecule has 1 aliphatic rings. The molecule has 2 heteroatoms. The number of hydrogen-bond donors (Lipinski definition) is 0. The van der Waals surface area contributed by atoms with E-state index in [0.717, 1.165) is 11.2 Å². The quantitative estimate of drug-likeness (QED) is 0.395. The molecule has 0 atom stereocenters. The average molecular weight is 84.1 g/mol. The van der Waals surface area contributed by atoms with Crippen LogP contribution in [0.1, 0.15) is 6.42 Å². The van der Waals surface area contributed by atoms with Crippen molar-refractivity contribution in [3.05, 3.63) is 17.2 Å². The van der Waals surface area contributed by atoms with Gasteiger partial charge in [-0.25, -0.2) is 0 Å². The van der Waals surface area contributed by atoms with Crippen LogP contribution in [-0.2, 0) is 0 Å². The van der Waals surface area contributed by atoms with E-state index in [2.05, 4.69) is 0 Å². The fraction of sp³-hybridized carbons (Fsp3) is 0.500. The Morgan fingerprint density at radius 2 is 2.50 bits per heavy atom. The van der Waals surface area contributed by atoms with Crippen LogP contribution in [0.25, 0.3) is 0 Å². The minimum Gasteiger partial charge on any atom is -0.00946 e. The third kappa shape index (κ3) is 0.455. The molecule has 0 aromatic carbocycles. The SMILES string of the molecule is O=[N+]1C=CCC1. The second-order valence-corrected chi connectivity index (χ2v) is 1.31. The van der Waals surface area contributed by atoms with Crippen molar-refractivity contribution in [2.24, 2.45) is 0 Å². The zero-order valence-electron chi connectivity index (χ0n) is 3.42. The molecule has 1 rings (SSSR count). The van der Waals surface area contributed by atoms with Crippen LogP contribution >= 0.6 is 0 Å². The van der Waals surface area contributed by atoms with Crippen LogP contribution in [0.5, 0.6) is 0 Å². The first kappa shape index (κ1) is 3.53. The van der Waals surface area contributed by atoms with Gasteiger partial charge in [-0.2, -0.15) is 0 Å². The van der Waals surface area contributed by atoms with Gasteiger partial charge in [-0.1, -0.05) is 0 Å². The number of nitroso groups, excluding NO2 is 1. The molecule has 32 valence electrons. The van der Waals surface area contributed by atoms with Gasteiger partial charge in [-0.15, -0.1) is 0 Å². The monoisotopic (exact) mass is 84.0 g/mol. The Morgan fingerprint density at radius 1 is 1.67 bits per heavy atom. The van der Waals surface area contributed by atoms with Gasteiger partial charge in [0, 0.05) is 16.1 Å². The molecule has 0 saturated carbocycles. The van der Waals surface area contributed by atoms with E-state index in [-0.39, 0.29) is 0 Å². The fourth-order valence-corrected chi connectivity index (χ4v) is 0.468. The summed E-state index contributed by atoms with van der Waals surface area (Å²) in [6.45, 7) is 0.653. The van der Waals surface area contributed by atoms with Gasteiger partial charge < -0.3 is 0 Å². The summed E-state index contributed by atoms with van der Waals surface area (Å²) in [6.07, 6.45) is 4.34. The summed E-state index contributed by atoms with van der Waals surface area (Å²) in [7, 11) is 0. The average Bonchev–Trinajstić information content (AvgIpc) is 1.86. The zero-order chi connectivity index (χ0) is 4.41. The lowest BCUT2D eigenvalue weighted by Crippen LogP contribution is -1.91. The molecule has 0 N–H and O–H groups in total. The minimum atomic E-state index is 0.653. The molecule has 0 fully saturated rings. The second-order valence-electron chi connectivity index (χ2n) is 1.31. The summed E-state index contributed by atoms with van der Waals surface area (Å²) in [5.41, 5.74) is 0. The highest BCUT2D eigenvalue weighted by atomic mass is 16.3. The standard InChI is InChI=1S/C4H6NO/c6-5-3-1-2-4-5/h1,3H,2,4H2/q+1. The molecule has 0 aromatic heterocycles. The fourth-order valence-electron chi connectivity index (χ4n) is 0.468. The van der Waals surface area contributed by atoms with Crippen molar-refractivity contribution in [2.45, 2.75) is 6.42 Å². The number of rotatable bonds is 0. The minimum absolute atomic E-state index is 0.653. The Kier molecular flexibility index (Phi) is 0.708. The van der Waals surface area contributed by atoms with Gasteiger partial charge in [0.05, 0.1) is 0 Å². The molecule has 6 heavy (non-hydrogen) atoms. The van der Waals surface area contributed by atoms with Crippen LogP contribution < -0.4 is 0 Å². The lowest BCUT2D eigenvalue weighted by Gasteiger charge is -1.64. The Hall–Kier alpha value is -0.660. The molecule has 1 heterocycles. The van der Waals surface area contributed by atoms with Gasteiger partial charge >= 0.3 is 0 Å². The van der Waals surface area contributed by atoms with Crippen molar-refractivity contribution in [3.8, 4) is 0 Å². The van der Waals surface area contributed by atoms with Gasteiger partial charge in [0.1, 0.15) is 0 Å². The van der Waals surface area contributed by atoms with Crippen LogP contribution in [0.4, 0.5) is 0 Å². The molecule has 0 aromatic rings. The molecular formula is C4H6NO+. The molecule has 0 radical (unpaired) electrons. The van der Waals surface area contributed by atoms with Gasteiger partial charge in [-0.05, 0) is 6.08 Å². The van der Waals surface area contributed by atoms with E-state index < -0.39 is 0 Å². The lowest BCUT2D eigenvalue weighted by molar-refractivity contribution is -0.468. The summed E-state index contributed by atoms with van der Waals surface area (Å²) >= 11 is 0. The van der Waals surface area contributed by atoms with Crippen molar-refractivity contribution in [1.82, 2.24) is 0 Å². The third-order valence-corrected chi connectivity index (χ3v) is 0.788. The Morgan fingerprint density at radius 3 is 2.67 bits per heavy atom. The predicted octanol–water partition coefficient (Wildman–Crippen LogP) is 0.683. The van der Waals surface area contributed by atoms with Crippen molar-refractivity contribution >= 4 is 0 Å². The van der Waals surface area contributed by atoms with E-state index in [1.165, 1.54) is 0 Å².